The molecule has 0 saturated carbocycles. The van der Waals surface area contributed by atoms with Crippen molar-refractivity contribution in [2.75, 3.05) is 43.1 Å². The zero-order chi connectivity index (χ0) is 23.0. The van der Waals surface area contributed by atoms with Crippen LogP contribution in [0, 0.1) is 0 Å². The number of carbonyl (C=O) groups is 3. The number of benzene rings is 2. The second-order valence-corrected chi connectivity index (χ2v) is 8.98. The van der Waals surface area contributed by atoms with Crippen LogP contribution in [0.15, 0.2) is 42.5 Å². The maximum absolute atomic E-state index is 13.2. The van der Waals surface area contributed by atoms with Crippen molar-refractivity contribution in [3.05, 3.63) is 59.2 Å². The van der Waals surface area contributed by atoms with E-state index in [9.17, 15) is 14.4 Å². The van der Waals surface area contributed by atoms with Gasteiger partial charge in [-0.25, -0.2) is 4.79 Å². The van der Waals surface area contributed by atoms with Crippen molar-refractivity contribution >= 4 is 29.2 Å². The van der Waals surface area contributed by atoms with Crippen LogP contribution in [-0.2, 0) is 32.7 Å². The van der Waals surface area contributed by atoms with Gasteiger partial charge in [-0.3, -0.25) is 14.5 Å². The zero-order valence-corrected chi connectivity index (χ0v) is 18.7. The molecular weight excluding hydrogens is 420 g/mol. The van der Waals surface area contributed by atoms with Gasteiger partial charge in [-0.1, -0.05) is 18.2 Å². The third kappa shape index (κ3) is 4.06. The van der Waals surface area contributed by atoms with Gasteiger partial charge in [0.25, 0.3) is 5.91 Å². The molecule has 5 rings (SSSR count). The van der Waals surface area contributed by atoms with Crippen LogP contribution in [0.2, 0.25) is 0 Å². The first kappa shape index (κ1) is 21.5. The summed E-state index contributed by atoms with van der Waals surface area (Å²) < 4.78 is 5.38. The maximum Gasteiger partial charge on any atom is 0.325 e. The molecule has 2 N–H and O–H groups in total. The molecule has 2 heterocycles. The SMILES string of the molecule is C[C@@]1(c2ccc3c(c2)CCC3)NC(=O)N(CC(=O)Nc2ccc(N3CCOCC3)cc2)C1=O. The number of imide groups is 1. The highest BCUT2D eigenvalue weighted by Crippen LogP contribution is 2.32. The van der Waals surface area contributed by atoms with E-state index in [1.165, 1.54) is 11.1 Å². The Hall–Kier alpha value is -3.39. The molecular formula is C25H28N4O4. The number of urea groups is 1. The number of hydrogen-bond donors (Lipinski definition) is 2. The number of nitrogens with one attached hydrogen (secondary N) is 2. The van der Waals surface area contributed by atoms with Gasteiger partial charge in [0.15, 0.2) is 0 Å². The number of fused-ring (bicyclic) bond motifs is 1. The summed E-state index contributed by atoms with van der Waals surface area (Å²) in [5.41, 5.74) is 3.79. The molecule has 0 bridgehead atoms. The smallest absolute Gasteiger partial charge is 0.325 e. The van der Waals surface area contributed by atoms with E-state index in [0.29, 0.717) is 18.9 Å². The molecule has 2 aromatic rings. The molecule has 8 nitrogen and oxygen atoms in total. The minimum Gasteiger partial charge on any atom is -0.378 e. The monoisotopic (exact) mass is 448 g/mol. The lowest BCUT2D eigenvalue weighted by molar-refractivity contribution is -0.133. The molecule has 0 spiro atoms. The molecule has 4 amide bonds. The number of ether oxygens (including phenoxy) is 1. The number of aryl methyl sites for hydroxylation is 2. The standard InChI is InChI=1S/C25H28N4O4/c1-25(19-6-5-17-3-2-4-18(17)15-19)23(31)29(24(32)27-25)16-22(30)26-20-7-9-21(10-8-20)28-11-13-33-14-12-28/h5-10,15H,2-4,11-14,16H2,1H3,(H,26,30)(H,27,32)/t25-/m0/s1. The summed E-state index contributed by atoms with van der Waals surface area (Å²) in [6, 6.07) is 12.9. The van der Waals surface area contributed by atoms with Crippen LogP contribution in [0.5, 0.6) is 0 Å². The summed E-state index contributed by atoms with van der Waals surface area (Å²) in [4.78, 5) is 41.7. The lowest BCUT2D eigenvalue weighted by Crippen LogP contribution is -2.42. The Kier molecular flexibility index (Phi) is 5.54. The maximum atomic E-state index is 13.2. The molecule has 172 valence electrons. The minimum absolute atomic E-state index is 0.337. The van der Waals surface area contributed by atoms with Crippen LogP contribution >= 0.6 is 0 Å². The van der Waals surface area contributed by atoms with Crippen LogP contribution < -0.4 is 15.5 Å². The number of rotatable bonds is 5. The average Bonchev–Trinajstić information content (AvgIpc) is 3.38. The predicted molar refractivity (Wildman–Crippen MR) is 124 cm³/mol. The van der Waals surface area contributed by atoms with Crippen LogP contribution in [0.1, 0.15) is 30.0 Å². The highest BCUT2D eigenvalue weighted by molar-refractivity contribution is 6.10. The Balaban J connectivity index is 1.24. The van der Waals surface area contributed by atoms with E-state index in [1.807, 2.05) is 42.5 Å². The molecule has 2 fully saturated rings. The van der Waals surface area contributed by atoms with E-state index < -0.39 is 23.4 Å². The van der Waals surface area contributed by atoms with Gasteiger partial charge in [0.1, 0.15) is 12.1 Å². The van der Waals surface area contributed by atoms with Crippen LogP contribution in [0.25, 0.3) is 0 Å². The van der Waals surface area contributed by atoms with Gasteiger partial charge in [0.05, 0.1) is 13.2 Å². The van der Waals surface area contributed by atoms with Crippen molar-refractivity contribution in [2.24, 2.45) is 0 Å². The number of morpholine rings is 1. The molecule has 3 aliphatic rings. The van der Waals surface area contributed by atoms with E-state index >= 15 is 0 Å². The lowest BCUT2D eigenvalue weighted by Gasteiger charge is -2.28. The van der Waals surface area contributed by atoms with Crippen molar-refractivity contribution < 1.29 is 19.1 Å². The predicted octanol–water partition coefficient (Wildman–Crippen LogP) is 2.42. The largest absolute Gasteiger partial charge is 0.378 e. The Morgan fingerprint density at radius 2 is 1.79 bits per heavy atom. The molecule has 2 saturated heterocycles. The molecule has 33 heavy (non-hydrogen) atoms. The number of nitrogens with zero attached hydrogens (tertiary/aromatic N) is 2. The number of amides is 4. The molecule has 2 aromatic carbocycles. The first-order valence-electron chi connectivity index (χ1n) is 11.4. The Labute approximate surface area is 192 Å². The van der Waals surface area contributed by atoms with Crippen LogP contribution in [0.3, 0.4) is 0 Å². The zero-order valence-electron chi connectivity index (χ0n) is 18.7. The second-order valence-electron chi connectivity index (χ2n) is 8.98. The highest BCUT2D eigenvalue weighted by atomic mass is 16.5. The van der Waals surface area contributed by atoms with E-state index in [4.69, 9.17) is 4.74 Å². The van der Waals surface area contributed by atoms with Gasteiger partial charge in [-0.05, 0) is 67.1 Å². The Bertz CT molecular complexity index is 1090. The quantitative estimate of drug-likeness (QED) is 0.686. The van der Waals surface area contributed by atoms with Crippen molar-refractivity contribution in [1.29, 1.82) is 0 Å². The number of carbonyl (C=O) groups excluding carboxylic acids is 3. The third-order valence-corrected chi connectivity index (χ3v) is 6.78. The fourth-order valence-electron chi connectivity index (χ4n) is 4.84. The Morgan fingerprint density at radius 3 is 2.55 bits per heavy atom. The topological polar surface area (TPSA) is 91.0 Å². The van der Waals surface area contributed by atoms with Crippen LogP contribution in [-0.4, -0.2) is 55.6 Å². The van der Waals surface area contributed by atoms with Crippen molar-refractivity contribution in [3.8, 4) is 0 Å². The van der Waals surface area contributed by atoms with E-state index in [-0.39, 0.29) is 6.54 Å². The van der Waals surface area contributed by atoms with Gasteiger partial charge in [-0.15, -0.1) is 0 Å². The first-order chi connectivity index (χ1) is 15.9. The van der Waals surface area contributed by atoms with Gasteiger partial charge >= 0.3 is 6.03 Å². The first-order valence-corrected chi connectivity index (χ1v) is 11.4. The summed E-state index contributed by atoms with van der Waals surface area (Å²) in [5.74, 6) is -0.834. The minimum atomic E-state index is -1.17. The van der Waals surface area contributed by atoms with Crippen LogP contribution in [0.4, 0.5) is 16.2 Å². The summed E-state index contributed by atoms with van der Waals surface area (Å²) in [6.07, 6.45) is 3.14. The fourth-order valence-corrected chi connectivity index (χ4v) is 4.84. The summed E-state index contributed by atoms with van der Waals surface area (Å²) in [6.45, 7) is 4.44. The summed E-state index contributed by atoms with van der Waals surface area (Å²) >= 11 is 0. The van der Waals surface area contributed by atoms with E-state index in [1.54, 1.807) is 6.92 Å². The molecule has 8 heteroatoms. The number of anilines is 2. The molecule has 2 aliphatic heterocycles. The molecule has 1 atom stereocenters. The van der Waals surface area contributed by atoms with Gasteiger partial charge < -0.3 is 20.3 Å². The summed E-state index contributed by atoms with van der Waals surface area (Å²) in [5, 5.41) is 5.58. The molecule has 0 unspecified atom stereocenters. The normalized spacial score (nSPS) is 22.3. The Morgan fingerprint density at radius 1 is 1.06 bits per heavy atom. The van der Waals surface area contributed by atoms with E-state index in [0.717, 1.165) is 48.5 Å². The molecule has 0 aromatic heterocycles. The second kappa shape index (κ2) is 8.51. The van der Waals surface area contributed by atoms with Crippen molar-refractivity contribution in [2.45, 2.75) is 31.7 Å². The van der Waals surface area contributed by atoms with E-state index in [2.05, 4.69) is 15.5 Å². The van der Waals surface area contributed by atoms with Crippen molar-refractivity contribution in [1.82, 2.24) is 10.2 Å². The third-order valence-electron chi connectivity index (χ3n) is 6.78. The van der Waals surface area contributed by atoms with Crippen molar-refractivity contribution in [3.63, 3.8) is 0 Å². The van der Waals surface area contributed by atoms with Gasteiger partial charge in [-0.2, -0.15) is 0 Å². The number of hydrogen-bond acceptors (Lipinski definition) is 5. The van der Waals surface area contributed by atoms with Gasteiger partial charge in [0.2, 0.25) is 5.91 Å². The molecule has 1 aliphatic carbocycles. The van der Waals surface area contributed by atoms with Gasteiger partial charge in [0, 0.05) is 24.5 Å². The highest BCUT2D eigenvalue weighted by Gasteiger charge is 2.49. The average molecular weight is 449 g/mol. The fraction of sp³-hybridized carbons (Fsp3) is 0.400. The summed E-state index contributed by atoms with van der Waals surface area (Å²) in [7, 11) is 0. The molecule has 0 radical (unpaired) electrons. The lowest BCUT2D eigenvalue weighted by atomic mass is 9.89.